The summed E-state index contributed by atoms with van der Waals surface area (Å²) in [6.07, 6.45) is 3.64. The van der Waals surface area contributed by atoms with Gasteiger partial charge in [0.05, 0.1) is 4.90 Å². The summed E-state index contributed by atoms with van der Waals surface area (Å²) in [6.45, 7) is 10.1. The van der Waals surface area contributed by atoms with Gasteiger partial charge in [-0.05, 0) is 81.3 Å². The van der Waals surface area contributed by atoms with Crippen LogP contribution in [0.5, 0.6) is 0 Å². The van der Waals surface area contributed by atoms with Crippen LogP contribution in [0.2, 0.25) is 0 Å². The highest BCUT2D eigenvalue weighted by atomic mass is 32.2. The number of benzene rings is 2. The number of anilines is 1. The van der Waals surface area contributed by atoms with Crippen molar-refractivity contribution in [2.75, 3.05) is 31.5 Å². The van der Waals surface area contributed by atoms with Gasteiger partial charge >= 0.3 is 0 Å². The molecule has 0 radical (unpaired) electrons. The fraction of sp³-hybridized carbons (Fsp3) is 0.519. The van der Waals surface area contributed by atoms with E-state index in [4.69, 9.17) is 0 Å². The Hall–Kier alpha value is -2.22. The molecule has 2 aliphatic rings. The maximum Gasteiger partial charge on any atom is 0.243 e. The first-order valence-corrected chi connectivity index (χ1v) is 13.9. The molecule has 1 atom stereocenters. The molecule has 1 unspecified atom stereocenters. The van der Waals surface area contributed by atoms with Gasteiger partial charge in [0, 0.05) is 37.8 Å². The van der Waals surface area contributed by atoms with Crippen molar-refractivity contribution >= 4 is 21.6 Å². The standard InChI is InChI=1S/C27H37N3O3S/c1-20-6-11-26(22(3)17-20)34(32,33)30-15-12-24(13-16-30)27(31)28-25-9-7-23(8-10-25)19-29-14-4-5-21(2)18-29/h6-11,17,21,24H,4-5,12-16,18-19H2,1-3H3,(H,28,31). The Morgan fingerprint density at radius 2 is 1.71 bits per heavy atom. The van der Waals surface area contributed by atoms with E-state index in [1.165, 1.54) is 22.7 Å². The van der Waals surface area contributed by atoms with Crippen molar-refractivity contribution in [1.82, 2.24) is 9.21 Å². The lowest BCUT2D eigenvalue weighted by atomic mass is 9.97. The Balaban J connectivity index is 1.29. The first kappa shape index (κ1) is 24.9. The molecule has 0 bridgehead atoms. The summed E-state index contributed by atoms with van der Waals surface area (Å²) in [5, 5.41) is 3.03. The number of carbonyl (C=O) groups is 1. The molecule has 0 aromatic heterocycles. The summed E-state index contributed by atoms with van der Waals surface area (Å²) in [5.41, 5.74) is 3.86. The molecule has 2 aromatic carbocycles. The Morgan fingerprint density at radius 3 is 2.35 bits per heavy atom. The van der Waals surface area contributed by atoms with Crippen LogP contribution < -0.4 is 5.32 Å². The zero-order valence-corrected chi connectivity index (χ0v) is 21.4. The van der Waals surface area contributed by atoms with Gasteiger partial charge in [-0.3, -0.25) is 9.69 Å². The summed E-state index contributed by atoms with van der Waals surface area (Å²) in [4.78, 5) is 15.7. The van der Waals surface area contributed by atoms with Gasteiger partial charge < -0.3 is 5.32 Å². The lowest BCUT2D eigenvalue weighted by Crippen LogP contribution is -2.41. The number of likely N-dealkylation sites (tertiary alicyclic amines) is 1. The Kier molecular flexibility index (Phi) is 7.75. The van der Waals surface area contributed by atoms with Gasteiger partial charge in [0.1, 0.15) is 0 Å². The Labute approximate surface area is 204 Å². The monoisotopic (exact) mass is 483 g/mol. The van der Waals surface area contributed by atoms with Crippen LogP contribution in [0, 0.1) is 25.7 Å². The first-order chi connectivity index (χ1) is 16.2. The third-order valence-corrected chi connectivity index (χ3v) is 9.20. The highest BCUT2D eigenvalue weighted by Crippen LogP contribution is 2.27. The molecule has 2 saturated heterocycles. The van der Waals surface area contributed by atoms with Crippen LogP contribution in [0.3, 0.4) is 0 Å². The topological polar surface area (TPSA) is 69.7 Å². The number of amides is 1. The quantitative estimate of drug-likeness (QED) is 0.653. The molecule has 4 rings (SSSR count). The lowest BCUT2D eigenvalue weighted by Gasteiger charge is -2.31. The number of rotatable bonds is 6. The highest BCUT2D eigenvalue weighted by Gasteiger charge is 2.32. The smallest absolute Gasteiger partial charge is 0.243 e. The van der Waals surface area contributed by atoms with Gasteiger partial charge in [0.15, 0.2) is 0 Å². The molecule has 2 heterocycles. The van der Waals surface area contributed by atoms with E-state index in [0.717, 1.165) is 42.4 Å². The lowest BCUT2D eigenvalue weighted by molar-refractivity contribution is -0.120. The maximum atomic E-state index is 13.1. The van der Waals surface area contributed by atoms with Gasteiger partial charge in [-0.25, -0.2) is 8.42 Å². The van der Waals surface area contributed by atoms with Crippen LogP contribution in [0.15, 0.2) is 47.4 Å². The van der Waals surface area contributed by atoms with E-state index >= 15 is 0 Å². The van der Waals surface area contributed by atoms with Crippen molar-refractivity contribution in [3.05, 3.63) is 59.2 Å². The highest BCUT2D eigenvalue weighted by molar-refractivity contribution is 7.89. The molecule has 2 fully saturated rings. The molecule has 34 heavy (non-hydrogen) atoms. The molecule has 0 spiro atoms. The van der Waals surface area contributed by atoms with Crippen LogP contribution in [0.4, 0.5) is 5.69 Å². The Bertz CT molecular complexity index is 1110. The van der Waals surface area contributed by atoms with Crippen molar-refractivity contribution in [2.24, 2.45) is 11.8 Å². The van der Waals surface area contributed by atoms with Gasteiger partial charge in [0.2, 0.25) is 15.9 Å². The summed E-state index contributed by atoms with van der Waals surface area (Å²) >= 11 is 0. The van der Waals surface area contributed by atoms with Crippen molar-refractivity contribution in [1.29, 1.82) is 0 Å². The predicted molar refractivity (Wildman–Crippen MR) is 136 cm³/mol. The van der Waals surface area contributed by atoms with Gasteiger partial charge in [0.25, 0.3) is 0 Å². The third-order valence-electron chi connectivity index (χ3n) is 7.14. The van der Waals surface area contributed by atoms with E-state index in [1.807, 2.05) is 38.1 Å². The molecular formula is C27H37N3O3S. The average Bonchev–Trinajstić information content (AvgIpc) is 2.80. The van der Waals surface area contributed by atoms with Crippen LogP contribution in [0.1, 0.15) is 49.3 Å². The predicted octanol–water partition coefficient (Wildman–Crippen LogP) is 4.57. The minimum atomic E-state index is -3.54. The van der Waals surface area contributed by atoms with Gasteiger partial charge in [-0.2, -0.15) is 4.31 Å². The van der Waals surface area contributed by atoms with Crippen molar-refractivity contribution < 1.29 is 13.2 Å². The molecular weight excluding hydrogens is 446 g/mol. The van der Waals surface area contributed by atoms with E-state index in [-0.39, 0.29) is 11.8 Å². The van der Waals surface area contributed by atoms with E-state index in [1.54, 1.807) is 6.07 Å². The number of sulfonamides is 1. The van der Waals surface area contributed by atoms with Crippen molar-refractivity contribution in [2.45, 2.75) is 57.9 Å². The number of piperidine rings is 2. The molecule has 2 aliphatic heterocycles. The number of carbonyl (C=O) groups excluding carboxylic acids is 1. The molecule has 184 valence electrons. The minimum Gasteiger partial charge on any atom is -0.326 e. The van der Waals surface area contributed by atoms with Crippen molar-refractivity contribution in [3.8, 4) is 0 Å². The average molecular weight is 484 g/mol. The SMILES string of the molecule is Cc1ccc(S(=O)(=O)N2CCC(C(=O)Nc3ccc(CN4CCCC(C)C4)cc3)CC2)c(C)c1. The molecule has 2 aromatic rings. The van der Waals surface area contributed by atoms with E-state index in [2.05, 4.69) is 29.3 Å². The largest absolute Gasteiger partial charge is 0.326 e. The van der Waals surface area contributed by atoms with Crippen molar-refractivity contribution in [3.63, 3.8) is 0 Å². The molecule has 1 N–H and O–H groups in total. The molecule has 1 amide bonds. The third kappa shape index (κ3) is 5.88. The molecule has 7 heteroatoms. The molecule has 6 nitrogen and oxygen atoms in total. The van der Waals surface area contributed by atoms with Gasteiger partial charge in [-0.1, -0.05) is 36.8 Å². The summed E-state index contributed by atoms with van der Waals surface area (Å²) in [5.74, 6) is 0.552. The van der Waals surface area contributed by atoms with Crippen LogP contribution in [0.25, 0.3) is 0 Å². The number of hydrogen-bond donors (Lipinski definition) is 1. The second kappa shape index (κ2) is 10.6. The molecule has 0 aliphatic carbocycles. The summed E-state index contributed by atoms with van der Waals surface area (Å²) in [7, 11) is -3.54. The van der Waals surface area contributed by atoms with Gasteiger partial charge in [-0.15, -0.1) is 0 Å². The minimum absolute atomic E-state index is 0.0267. The fourth-order valence-electron chi connectivity index (χ4n) is 5.21. The summed E-state index contributed by atoms with van der Waals surface area (Å²) < 4.78 is 27.7. The maximum absolute atomic E-state index is 13.1. The van der Waals surface area contributed by atoms with E-state index in [9.17, 15) is 13.2 Å². The number of nitrogens with one attached hydrogen (secondary N) is 1. The number of nitrogens with zero attached hydrogens (tertiary/aromatic N) is 2. The number of aryl methyl sites for hydroxylation is 2. The zero-order chi connectivity index (χ0) is 24.3. The summed E-state index contributed by atoms with van der Waals surface area (Å²) in [6, 6.07) is 13.5. The first-order valence-electron chi connectivity index (χ1n) is 12.4. The normalized spacial score (nSPS) is 20.9. The Morgan fingerprint density at radius 1 is 1.00 bits per heavy atom. The second-order valence-electron chi connectivity index (χ2n) is 10.1. The van der Waals surface area contributed by atoms with Crippen LogP contribution >= 0.6 is 0 Å². The fourth-order valence-corrected chi connectivity index (χ4v) is 6.89. The van der Waals surface area contributed by atoms with Crippen LogP contribution in [-0.4, -0.2) is 49.7 Å². The molecule has 0 saturated carbocycles. The van der Waals surface area contributed by atoms with E-state index in [0.29, 0.717) is 30.8 Å². The van der Waals surface area contributed by atoms with E-state index < -0.39 is 10.0 Å². The number of hydrogen-bond acceptors (Lipinski definition) is 4. The second-order valence-corrected chi connectivity index (χ2v) is 12.0. The van der Waals surface area contributed by atoms with Crippen LogP contribution in [-0.2, 0) is 21.4 Å². The zero-order valence-electron chi connectivity index (χ0n) is 20.6.